The molecule has 8 nitrogen and oxygen atoms in total. The van der Waals surface area contributed by atoms with Crippen molar-refractivity contribution in [1.82, 2.24) is 20.0 Å². The van der Waals surface area contributed by atoms with Crippen LogP contribution in [0.15, 0.2) is 17.5 Å². The third-order valence-electron chi connectivity index (χ3n) is 7.27. The molecular formula is C24H34N4O4S. The quantitative estimate of drug-likeness (QED) is 0.642. The van der Waals surface area contributed by atoms with Gasteiger partial charge >= 0.3 is 6.03 Å². The Bertz CT molecular complexity index is 910. The lowest BCUT2D eigenvalue weighted by atomic mass is 9.73. The fraction of sp³-hybridized carbons (Fsp3) is 0.667. The van der Waals surface area contributed by atoms with Gasteiger partial charge in [-0.1, -0.05) is 19.9 Å². The maximum atomic E-state index is 13.7. The third kappa shape index (κ3) is 4.52. The molecule has 1 N–H and O–H groups in total. The van der Waals surface area contributed by atoms with Crippen molar-refractivity contribution in [3.05, 3.63) is 22.4 Å². The van der Waals surface area contributed by atoms with Crippen LogP contribution in [0, 0.1) is 11.8 Å². The van der Waals surface area contributed by atoms with Crippen molar-refractivity contribution in [2.24, 2.45) is 11.8 Å². The van der Waals surface area contributed by atoms with Crippen molar-refractivity contribution < 1.29 is 19.2 Å². The summed E-state index contributed by atoms with van der Waals surface area (Å²) in [5.41, 5.74) is -0.920. The molecule has 0 unspecified atom stereocenters. The van der Waals surface area contributed by atoms with Crippen LogP contribution in [0.5, 0.6) is 0 Å². The lowest BCUT2D eigenvalue weighted by molar-refractivity contribution is -0.144. The molecule has 180 valence electrons. The Hall–Kier alpha value is -2.42. The Balaban J connectivity index is 1.47. The highest BCUT2D eigenvalue weighted by molar-refractivity contribution is 7.09. The first-order valence-corrected chi connectivity index (χ1v) is 12.8. The number of hydrogen-bond acceptors (Lipinski definition) is 5. The van der Waals surface area contributed by atoms with E-state index >= 15 is 0 Å². The molecule has 3 fully saturated rings. The molecule has 3 aliphatic heterocycles. The molecule has 0 aromatic carbocycles. The molecular weight excluding hydrogens is 440 g/mol. The number of imide groups is 1. The first-order valence-electron chi connectivity index (χ1n) is 12.0. The highest BCUT2D eigenvalue weighted by Gasteiger charge is 2.56. The molecule has 2 atom stereocenters. The van der Waals surface area contributed by atoms with Crippen LogP contribution in [-0.4, -0.2) is 69.7 Å². The minimum atomic E-state index is -0.920. The summed E-state index contributed by atoms with van der Waals surface area (Å²) in [4.78, 5) is 57.4. The van der Waals surface area contributed by atoms with Crippen LogP contribution in [0.4, 0.5) is 4.79 Å². The first-order chi connectivity index (χ1) is 15.7. The predicted octanol–water partition coefficient (Wildman–Crippen LogP) is 2.83. The van der Waals surface area contributed by atoms with Crippen molar-refractivity contribution in [2.45, 2.75) is 71.0 Å². The minimum absolute atomic E-state index is 0.0140. The average molecular weight is 475 g/mol. The highest BCUT2D eigenvalue weighted by Crippen LogP contribution is 2.39. The number of carbonyl (C=O) groups excluding carboxylic acids is 4. The standard InChI is InChI=1S/C24H34N4O4S/c1-16(2)14-24(22(31)28(23(32)25-24)15-19-6-5-13-33-19)18-8-11-26(12-9-18)21(30)20-7-4-10-27(20)17(3)29/h5-6,13,16,18,20H,4,7-12,14-15H2,1-3H3,(H,25,32)/t20-,24-/m0/s1. The molecule has 0 spiro atoms. The van der Waals surface area contributed by atoms with Gasteiger partial charge in [0.1, 0.15) is 11.6 Å². The van der Waals surface area contributed by atoms with Crippen LogP contribution in [0.1, 0.15) is 57.8 Å². The van der Waals surface area contributed by atoms with Gasteiger partial charge in [0.2, 0.25) is 11.8 Å². The first kappa shape index (κ1) is 23.7. The zero-order valence-electron chi connectivity index (χ0n) is 19.7. The minimum Gasteiger partial charge on any atom is -0.341 e. The van der Waals surface area contributed by atoms with E-state index in [4.69, 9.17) is 0 Å². The van der Waals surface area contributed by atoms with Crippen LogP contribution in [0.2, 0.25) is 0 Å². The molecule has 0 aliphatic carbocycles. The van der Waals surface area contributed by atoms with Crippen molar-refractivity contribution in [3.63, 3.8) is 0 Å². The van der Waals surface area contributed by atoms with Gasteiger partial charge in [0.15, 0.2) is 0 Å². The van der Waals surface area contributed by atoms with Gasteiger partial charge in [-0.25, -0.2) is 4.79 Å². The number of amides is 5. The number of urea groups is 1. The van der Waals surface area contributed by atoms with E-state index in [1.165, 1.54) is 23.2 Å². The van der Waals surface area contributed by atoms with Gasteiger partial charge in [0, 0.05) is 31.4 Å². The topological polar surface area (TPSA) is 90.0 Å². The van der Waals surface area contributed by atoms with E-state index < -0.39 is 5.54 Å². The predicted molar refractivity (Wildman–Crippen MR) is 125 cm³/mol. The van der Waals surface area contributed by atoms with Gasteiger partial charge in [0.05, 0.1) is 6.54 Å². The Kier molecular flexibility index (Phi) is 6.79. The largest absolute Gasteiger partial charge is 0.341 e. The number of thiophene rings is 1. The van der Waals surface area contributed by atoms with Crippen molar-refractivity contribution in [1.29, 1.82) is 0 Å². The van der Waals surface area contributed by atoms with Crippen LogP contribution in [0.3, 0.4) is 0 Å². The number of rotatable bonds is 6. The van der Waals surface area contributed by atoms with E-state index in [0.29, 0.717) is 51.9 Å². The second-order valence-electron chi connectivity index (χ2n) is 9.94. The Morgan fingerprint density at radius 2 is 1.91 bits per heavy atom. The lowest BCUT2D eigenvalue weighted by Crippen LogP contribution is -2.58. The van der Waals surface area contributed by atoms with Gasteiger partial charge in [-0.05, 0) is 55.4 Å². The van der Waals surface area contributed by atoms with Crippen LogP contribution in [-0.2, 0) is 20.9 Å². The summed E-state index contributed by atoms with van der Waals surface area (Å²) in [6, 6.07) is 3.17. The van der Waals surface area contributed by atoms with E-state index in [1.807, 2.05) is 22.4 Å². The van der Waals surface area contributed by atoms with Gasteiger partial charge in [-0.3, -0.25) is 19.3 Å². The van der Waals surface area contributed by atoms with Gasteiger partial charge in [0.25, 0.3) is 5.91 Å². The van der Waals surface area contributed by atoms with Gasteiger partial charge in [-0.15, -0.1) is 11.3 Å². The van der Waals surface area contributed by atoms with Crippen LogP contribution >= 0.6 is 11.3 Å². The monoisotopic (exact) mass is 474 g/mol. The molecule has 4 heterocycles. The summed E-state index contributed by atoms with van der Waals surface area (Å²) >= 11 is 1.54. The second kappa shape index (κ2) is 9.44. The van der Waals surface area contributed by atoms with Crippen molar-refractivity contribution >= 4 is 35.1 Å². The van der Waals surface area contributed by atoms with E-state index in [9.17, 15) is 19.2 Å². The SMILES string of the molecule is CC(=O)N1CCC[C@H]1C(=O)N1CCC([C@]2(CC(C)C)NC(=O)N(Cc3cccs3)C2=O)CC1. The smallest absolute Gasteiger partial charge is 0.325 e. The molecule has 1 aromatic heterocycles. The zero-order chi connectivity index (χ0) is 23.8. The summed E-state index contributed by atoms with van der Waals surface area (Å²) in [6.07, 6.45) is 3.46. The summed E-state index contributed by atoms with van der Waals surface area (Å²) in [6.45, 7) is 7.67. The average Bonchev–Trinajstić information content (AvgIpc) is 3.51. The number of carbonyl (C=O) groups is 4. The Morgan fingerprint density at radius 3 is 2.52 bits per heavy atom. The maximum Gasteiger partial charge on any atom is 0.325 e. The Morgan fingerprint density at radius 1 is 1.18 bits per heavy atom. The molecule has 0 radical (unpaired) electrons. The highest BCUT2D eigenvalue weighted by atomic mass is 32.1. The van der Waals surface area contributed by atoms with Crippen molar-refractivity contribution in [3.8, 4) is 0 Å². The van der Waals surface area contributed by atoms with Crippen LogP contribution in [0.25, 0.3) is 0 Å². The summed E-state index contributed by atoms with van der Waals surface area (Å²) in [5.74, 6) is 0.0271. The molecule has 5 amide bonds. The van der Waals surface area contributed by atoms with Crippen LogP contribution < -0.4 is 5.32 Å². The maximum absolute atomic E-state index is 13.7. The van der Waals surface area contributed by atoms with Gasteiger partial charge in [-0.2, -0.15) is 0 Å². The molecule has 0 saturated carbocycles. The number of likely N-dealkylation sites (tertiary alicyclic amines) is 2. The van der Waals surface area contributed by atoms with Crippen molar-refractivity contribution in [2.75, 3.05) is 19.6 Å². The molecule has 3 saturated heterocycles. The Labute approximate surface area is 199 Å². The van der Waals surface area contributed by atoms with E-state index in [0.717, 1.165) is 11.3 Å². The van der Waals surface area contributed by atoms with Gasteiger partial charge < -0.3 is 15.1 Å². The second-order valence-corrected chi connectivity index (χ2v) is 11.0. The molecule has 4 rings (SSSR count). The fourth-order valence-electron chi connectivity index (χ4n) is 5.78. The summed E-state index contributed by atoms with van der Waals surface area (Å²) in [5, 5.41) is 5.03. The normalized spacial score (nSPS) is 26.4. The zero-order valence-corrected chi connectivity index (χ0v) is 20.5. The van der Waals surface area contributed by atoms with E-state index in [1.54, 1.807) is 4.90 Å². The van der Waals surface area contributed by atoms with E-state index in [-0.39, 0.29) is 41.6 Å². The summed E-state index contributed by atoms with van der Waals surface area (Å²) in [7, 11) is 0. The fourth-order valence-corrected chi connectivity index (χ4v) is 6.47. The number of nitrogens with zero attached hydrogens (tertiary/aromatic N) is 3. The molecule has 9 heteroatoms. The number of piperidine rings is 1. The third-order valence-corrected chi connectivity index (χ3v) is 8.13. The molecule has 1 aromatic rings. The lowest BCUT2D eigenvalue weighted by Gasteiger charge is -2.42. The van der Waals surface area contributed by atoms with E-state index in [2.05, 4.69) is 19.2 Å². The molecule has 33 heavy (non-hydrogen) atoms. The summed E-state index contributed by atoms with van der Waals surface area (Å²) < 4.78 is 0. The number of hydrogen-bond donors (Lipinski definition) is 1. The molecule has 0 bridgehead atoms. The number of nitrogens with one attached hydrogen (secondary N) is 1. The molecule has 3 aliphatic rings.